The fourth-order valence-corrected chi connectivity index (χ4v) is 3.09. The Labute approximate surface area is 169 Å². The number of ether oxygens (including phenoxy) is 2. The fraction of sp³-hybridized carbons (Fsp3) is 0.364. The van der Waals surface area contributed by atoms with Gasteiger partial charge in [-0.15, -0.1) is 0 Å². The van der Waals surface area contributed by atoms with Gasteiger partial charge in [0.2, 0.25) is 0 Å². The number of nitrogens with one attached hydrogen (secondary N) is 1. The molecular weight excluding hydrogens is 372 g/mol. The predicted octanol–water partition coefficient (Wildman–Crippen LogP) is 3.14. The number of hydrogen-bond donors (Lipinski definition) is 1. The largest absolute Gasteiger partial charge is 0.493 e. The van der Waals surface area contributed by atoms with Crippen LogP contribution < -0.4 is 10.3 Å². The average Bonchev–Trinajstić information content (AvgIpc) is 2.67. The third kappa shape index (κ3) is 5.32. The highest BCUT2D eigenvalue weighted by Crippen LogP contribution is 2.22. The lowest BCUT2D eigenvalue weighted by Gasteiger charge is -2.13. The van der Waals surface area contributed by atoms with Crippen LogP contribution in [0, 0.1) is 25.2 Å². The third-order valence-corrected chi connectivity index (χ3v) is 4.65. The lowest BCUT2D eigenvalue weighted by atomic mass is 9.99. The first-order chi connectivity index (χ1) is 13.8. The Bertz CT molecular complexity index is 1030. The standard InChI is InChI=1S/C22H24N2O5/c1-5-28-20-8-6-16(15(4)25)10-17(20)12-29-21(26)9-7-18-13(2)19(11-23)22(27)24-14(18)3/h6,8,10H,5,7,9,12H2,1-4H3,(H,24,27). The molecule has 0 aliphatic heterocycles. The zero-order chi connectivity index (χ0) is 21.6. The Morgan fingerprint density at radius 3 is 2.59 bits per heavy atom. The second kappa shape index (κ2) is 9.69. The number of Topliss-reactive ketones (excluding diaryl/α,β-unsaturated/α-hetero) is 1. The molecule has 0 atom stereocenters. The van der Waals surface area contributed by atoms with Crippen molar-refractivity contribution in [2.45, 2.75) is 47.1 Å². The van der Waals surface area contributed by atoms with Crippen molar-refractivity contribution >= 4 is 11.8 Å². The predicted molar refractivity (Wildman–Crippen MR) is 107 cm³/mol. The smallest absolute Gasteiger partial charge is 0.306 e. The highest BCUT2D eigenvalue weighted by atomic mass is 16.5. The van der Waals surface area contributed by atoms with Crippen molar-refractivity contribution < 1.29 is 19.1 Å². The normalized spacial score (nSPS) is 10.3. The molecule has 0 spiro atoms. The second-order valence-corrected chi connectivity index (χ2v) is 6.64. The first-order valence-electron chi connectivity index (χ1n) is 9.33. The van der Waals surface area contributed by atoms with Crippen molar-refractivity contribution in [1.29, 1.82) is 5.26 Å². The lowest BCUT2D eigenvalue weighted by molar-refractivity contribution is -0.144. The van der Waals surface area contributed by atoms with Gasteiger partial charge in [0.1, 0.15) is 24.0 Å². The maximum Gasteiger partial charge on any atom is 0.306 e. The molecule has 0 fully saturated rings. The molecule has 1 N–H and O–H groups in total. The second-order valence-electron chi connectivity index (χ2n) is 6.64. The van der Waals surface area contributed by atoms with E-state index in [2.05, 4.69) is 4.98 Å². The van der Waals surface area contributed by atoms with Crippen LogP contribution in [0.4, 0.5) is 0 Å². The Kier molecular flexibility index (Phi) is 7.32. The van der Waals surface area contributed by atoms with Crippen LogP contribution >= 0.6 is 0 Å². The number of ketones is 1. The van der Waals surface area contributed by atoms with Gasteiger partial charge in [-0.25, -0.2) is 0 Å². The molecule has 1 aromatic heterocycles. The SMILES string of the molecule is CCOc1ccc(C(C)=O)cc1COC(=O)CCc1c(C)[nH]c(=O)c(C#N)c1C. The number of pyridine rings is 1. The van der Waals surface area contributed by atoms with Crippen molar-refractivity contribution in [3.05, 3.63) is 62.1 Å². The summed E-state index contributed by atoms with van der Waals surface area (Å²) >= 11 is 0. The van der Waals surface area contributed by atoms with Gasteiger partial charge >= 0.3 is 5.97 Å². The quantitative estimate of drug-likeness (QED) is 0.542. The number of nitriles is 1. The van der Waals surface area contributed by atoms with Gasteiger partial charge in [0.15, 0.2) is 5.78 Å². The maximum atomic E-state index is 12.3. The van der Waals surface area contributed by atoms with E-state index in [0.29, 0.717) is 41.2 Å². The highest BCUT2D eigenvalue weighted by Gasteiger charge is 2.15. The number of rotatable bonds is 8. The van der Waals surface area contributed by atoms with Gasteiger partial charge in [0.05, 0.1) is 6.61 Å². The summed E-state index contributed by atoms with van der Waals surface area (Å²) < 4.78 is 10.9. The van der Waals surface area contributed by atoms with Crippen molar-refractivity contribution in [3.8, 4) is 11.8 Å². The van der Waals surface area contributed by atoms with Crippen LogP contribution in [0.2, 0.25) is 0 Å². The van der Waals surface area contributed by atoms with E-state index in [1.165, 1.54) is 6.92 Å². The van der Waals surface area contributed by atoms with Crippen LogP contribution in [0.25, 0.3) is 0 Å². The average molecular weight is 396 g/mol. The molecule has 0 aliphatic carbocycles. The molecule has 0 bridgehead atoms. The number of nitrogens with zero attached hydrogens (tertiary/aromatic N) is 1. The van der Waals surface area contributed by atoms with Gasteiger partial charge in [0, 0.05) is 23.2 Å². The molecule has 29 heavy (non-hydrogen) atoms. The van der Waals surface area contributed by atoms with E-state index >= 15 is 0 Å². The first-order valence-corrected chi connectivity index (χ1v) is 9.33. The molecule has 152 valence electrons. The molecule has 0 radical (unpaired) electrons. The molecule has 1 heterocycles. The maximum absolute atomic E-state index is 12.3. The topological polar surface area (TPSA) is 109 Å². The third-order valence-electron chi connectivity index (χ3n) is 4.65. The summed E-state index contributed by atoms with van der Waals surface area (Å²) in [6, 6.07) is 6.93. The van der Waals surface area contributed by atoms with Gasteiger partial charge in [-0.2, -0.15) is 5.26 Å². The van der Waals surface area contributed by atoms with E-state index < -0.39 is 11.5 Å². The molecule has 2 aromatic rings. The van der Waals surface area contributed by atoms with Crippen LogP contribution in [-0.2, 0) is 22.6 Å². The number of aromatic nitrogens is 1. The Morgan fingerprint density at radius 2 is 1.97 bits per heavy atom. The van der Waals surface area contributed by atoms with Gasteiger partial charge in [0.25, 0.3) is 5.56 Å². The number of aromatic amines is 1. The first kappa shape index (κ1) is 21.9. The minimum Gasteiger partial charge on any atom is -0.493 e. The lowest BCUT2D eigenvalue weighted by Crippen LogP contribution is -2.17. The molecule has 7 heteroatoms. The van der Waals surface area contributed by atoms with Crippen LogP contribution in [0.1, 0.15) is 58.6 Å². The van der Waals surface area contributed by atoms with Crippen LogP contribution in [-0.4, -0.2) is 23.3 Å². The number of aryl methyl sites for hydroxylation is 1. The van der Waals surface area contributed by atoms with E-state index in [1.807, 2.05) is 13.0 Å². The van der Waals surface area contributed by atoms with Crippen LogP contribution in [0.3, 0.4) is 0 Å². The van der Waals surface area contributed by atoms with Crippen molar-refractivity contribution in [2.24, 2.45) is 0 Å². The summed E-state index contributed by atoms with van der Waals surface area (Å²) in [5.41, 5.74) is 2.73. The zero-order valence-electron chi connectivity index (χ0n) is 17.0. The molecule has 0 saturated heterocycles. The molecule has 0 unspecified atom stereocenters. The van der Waals surface area contributed by atoms with Gasteiger partial charge in [-0.1, -0.05) is 0 Å². The van der Waals surface area contributed by atoms with Gasteiger partial charge in [-0.3, -0.25) is 14.4 Å². The van der Waals surface area contributed by atoms with Crippen molar-refractivity contribution in [2.75, 3.05) is 6.61 Å². The Hall–Kier alpha value is -3.40. The molecule has 2 rings (SSSR count). The molecule has 0 amide bonds. The van der Waals surface area contributed by atoms with Crippen LogP contribution in [0.5, 0.6) is 5.75 Å². The number of hydrogen-bond acceptors (Lipinski definition) is 6. The van der Waals surface area contributed by atoms with Crippen molar-refractivity contribution in [3.63, 3.8) is 0 Å². The number of esters is 1. The van der Waals surface area contributed by atoms with Crippen LogP contribution in [0.15, 0.2) is 23.0 Å². The monoisotopic (exact) mass is 396 g/mol. The Balaban J connectivity index is 2.08. The summed E-state index contributed by atoms with van der Waals surface area (Å²) in [4.78, 5) is 38.3. The zero-order valence-corrected chi connectivity index (χ0v) is 17.0. The number of carbonyl (C=O) groups is 2. The molecule has 0 aliphatic rings. The number of H-pyrrole nitrogens is 1. The van der Waals surface area contributed by atoms with Gasteiger partial charge < -0.3 is 14.5 Å². The summed E-state index contributed by atoms with van der Waals surface area (Å²) in [7, 11) is 0. The van der Waals surface area contributed by atoms with E-state index in [9.17, 15) is 14.4 Å². The molecule has 1 aromatic carbocycles. The summed E-state index contributed by atoms with van der Waals surface area (Å²) in [5, 5.41) is 9.14. The summed E-state index contributed by atoms with van der Waals surface area (Å²) in [6.45, 7) is 7.18. The molecule has 0 saturated carbocycles. The minimum absolute atomic E-state index is 0.0116. The van der Waals surface area contributed by atoms with E-state index in [-0.39, 0.29) is 24.4 Å². The minimum atomic E-state index is -0.428. The fourth-order valence-electron chi connectivity index (χ4n) is 3.09. The summed E-state index contributed by atoms with van der Waals surface area (Å²) in [6.07, 6.45) is 0.433. The van der Waals surface area contributed by atoms with E-state index in [4.69, 9.17) is 14.7 Å². The van der Waals surface area contributed by atoms with Gasteiger partial charge in [-0.05, 0) is 63.4 Å². The number of carbonyl (C=O) groups excluding carboxylic acids is 2. The van der Waals surface area contributed by atoms with E-state index in [0.717, 1.165) is 5.56 Å². The Morgan fingerprint density at radius 1 is 1.24 bits per heavy atom. The summed E-state index contributed by atoms with van der Waals surface area (Å²) in [5.74, 6) is 0.0541. The van der Waals surface area contributed by atoms with Crippen molar-refractivity contribution in [1.82, 2.24) is 4.98 Å². The molecular formula is C22H24N2O5. The highest BCUT2D eigenvalue weighted by molar-refractivity contribution is 5.94. The molecule has 7 nitrogen and oxygen atoms in total. The number of benzene rings is 1. The van der Waals surface area contributed by atoms with E-state index in [1.54, 1.807) is 32.0 Å².